The molecule has 0 fully saturated rings. The fourth-order valence-electron chi connectivity index (χ4n) is 1.10. The summed E-state index contributed by atoms with van der Waals surface area (Å²) in [5.41, 5.74) is 0. The average Bonchev–Trinajstić information content (AvgIpc) is 2.27. The Kier molecular flexibility index (Phi) is 7.45. The van der Waals surface area contributed by atoms with Gasteiger partial charge in [0, 0.05) is 20.6 Å². The van der Waals surface area contributed by atoms with Crippen LogP contribution in [0.5, 0.6) is 0 Å². The van der Waals surface area contributed by atoms with Gasteiger partial charge in [-0.3, -0.25) is 9.36 Å². The van der Waals surface area contributed by atoms with Gasteiger partial charge in [0.2, 0.25) is 0 Å². The molecule has 0 saturated carbocycles. The van der Waals surface area contributed by atoms with Gasteiger partial charge in [-0.1, -0.05) is 19.8 Å². The maximum Gasteiger partial charge on any atom is 0.355 e. The van der Waals surface area contributed by atoms with E-state index in [4.69, 9.17) is 11.6 Å². The van der Waals surface area contributed by atoms with Crippen LogP contribution in [0.25, 0.3) is 0 Å². The minimum absolute atomic E-state index is 0.280. The number of hydrogen-bond acceptors (Lipinski definition) is 4. The SMILES string of the molecule is CCCCCC(=O)C(Cl)P(=O)(OC)OC. The summed E-state index contributed by atoms with van der Waals surface area (Å²) >= 11 is 5.76. The number of carbonyl (C=O) groups is 1. The molecule has 0 heterocycles. The minimum Gasteiger partial charge on any atom is -0.311 e. The predicted molar refractivity (Wildman–Crippen MR) is 60.4 cm³/mol. The second-order valence-corrected chi connectivity index (χ2v) is 6.23. The van der Waals surface area contributed by atoms with Gasteiger partial charge >= 0.3 is 7.60 Å². The van der Waals surface area contributed by atoms with E-state index in [1.807, 2.05) is 6.92 Å². The second kappa shape index (κ2) is 7.39. The molecule has 0 rings (SSSR count). The Balaban J connectivity index is 4.24. The Morgan fingerprint density at radius 3 is 2.27 bits per heavy atom. The van der Waals surface area contributed by atoms with Crippen LogP contribution in [0.4, 0.5) is 0 Å². The fourth-order valence-corrected chi connectivity index (χ4v) is 2.69. The van der Waals surface area contributed by atoms with E-state index in [2.05, 4.69) is 9.05 Å². The van der Waals surface area contributed by atoms with E-state index in [-0.39, 0.29) is 5.78 Å². The van der Waals surface area contributed by atoms with Crippen molar-refractivity contribution in [2.45, 2.75) is 37.7 Å². The third kappa shape index (κ3) is 4.64. The lowest BCUT2D eigenvalue weighted by molar-refractivity contribution is -0.117. The van der Waals surface area contributed by atoms with Crippen molar-refractivity contribution >= 4 is 25.0 Å². The van der Waals surface area contributed by atoms with Crippen LogP contribution in [0, 0.1) is 0 Å². The lowest BCUT2D eigenvalue weighted by Gasteiger charge is -2.17. The molecule has 4 nitrogen and oxygen atoms in total. The first-order chi connectivity index (χ1) is 7.01. The Labute approximate surface area is 95.8 Å². The van der Waals surface area contributed by atoms with Crippen LogP contribution in [0.3, 0.4) is 0 Å². The molecule has 0 amide bonds. The lowest BCUT2D eigenvalue weighted by atomic mass is 10.1. The summed E-state index contributed by atoms with van der Waals surface area (Å²) in [6.07, 6.45) is 3.05. The Morgan fingerprint density at radius 1 is 1.33 bits per heavy atom. The zero-order chi connectivity index (χ0) is 11.9. The van der Waals surface area contributed by atoms with Crippen molar-refractivity contribution in [1.82, 2.24) is 0 Å². The van der Waals surface area contributed by atoms with Gasteiger partial charge in [-0.25, -0.2) is 0 Å². The number of hydrogen-bond donors (Lipinski definition) is 0. The first-order valence-corrected chi connectivity index (χ1v) is 6.94. The second-order valence-electron chi connectivity index (χ2n) is 3.16. The van der Waals surface area contributed by atoms with Crippen LogP contribution in [-0.4, -0.2) is 25.1 Å². The van der Waals surface area contributed by atoms with Crippen molar-refractivity contribution in [3.8, 4) is 0 Å². The van der Waals surface area contributed by atoms with Gasteiger partial charge in [-0.15, -0.1) is 11.6 Å². The number of rotatable bonds is 8. The van der Waals surface area contributed by atoms with Gasteiger partial charge in [0.05, 0.1) is 0 Å². The van der Waals surface area contributed by atoms with Crippen molar-refractivity contribution < 1.29 is 18.4 Å². The van der Waals surface area contributed by atoms with Crippen molar-refractivity contribution in [3.05, 3.63) is 0 Å². The van der Waals surface area contributed by atoms with Crippen LogP contribution >= 0.6 is 19.2 Å². The molecule has 0 saturated heterocycles. The normalized spacial score (nSPS) is 13.9. The van der Waals surface area contributed by atoms with Crippen molar-refractivity contribution in [3.63, 3.8) is 0 Å². The summed E-state index contributed by atoms with van der Waals surface area (Å²) in [7, 11) is -1.02. The van der Waals surface area contributed by atoms with E-state index in [1.165, 1.54) is 14.2 Å². The number of carbonyl (C=O) groups excluding carboxylic acids is 1. The summed E-state index contributed by atoms with van der Waals surface area (Å²) < 4.78 is 21.0. The fraction of sp³-hybridized carbons (Fsp3) is 0.889. The summed E-state index contributed by atoms with van der Waals surface area (Å²) in [6.45, 7) is 2.04. The molecule has 90 valence electrons. The molecule has 0 bridgehead atoms. The van der Waals surface area contributed by atoms with E-state index >= 15 is 0 Å². The van der Waals surface area contributed by atoms with Gasteiger partial charge in [0.15, 0.2) is 10.9 Å². The van der Waals surface area contributed by atoms with Gasteiger partial charge in [-0.05, 0) is 6.42 Å². The molecule has 0 aliphatic rings. The van der Waals surface area contributed by atoms with Crippen LogP contribution in [0.2, 0.25) is 0 Å². The highest BCUT2D eigenvalue weighted by molar-refractivity contribution is 7.57. The highest BCUT2D eigenvalue weighted by Gasteiger charge is 2.37. The lowest BCUT2D eigenvalue weighted by Crippen LogP contribution is -2.16. The third-order valence-corrected chi connectivity index (χ3v) is 4.90. The molecule has 0 radical (unpaired) electrons. The summed E-state index contributed by atoms with van der Waals surface area (Å²) in [4.78, 5) is 11.5. The monoisotopic (exact) mass is 256 g/mol. The van der Waals surface area contributed by atoms with E-state index in [0.29, 0.717) is 6.42 Å². The van der Waals surface area contributed by atoms with Gasteiger partial charge in [-0.2, -0.15) is 0 Å². The highest BCUT2D eigenvalue weighted by Crippen LogP contribution is 2.53. The maximum atomic E-state index is 11.7. The molecule has 1 atom stereocenters. The summed E-state index contributed by atoms with van der Waals surface area (Å²) in [6, 6.07) is 0. The molecule has 0 aliphatic heterocycles. The molecule has 0 aromatic heterocycles. The smallest absolute Gasteiger partial charge is 0.311 e. The van der Waals surface area contributed by atoms with Gasteiger partial charge in [0.25, 0.3) is 0 Å². The summed E-state index contributed by atoms with van der Waals surface area (Å²) in [5.74, 6) is -0.280. The van der Waals surface area contributed by atoms with Crippen LogP contribution in [0.15, 0.2) is 0 Å². The molecule has 6 heteroatoms. The summed E-state index contributed by atoms with van der Waals surface area (Å²) in [5, 5.41) is -1.19. The Hall–Kier alpha value is 0.110. The topological polar surface area (TPSA) is 52.6 Å². The van der Waals surface area contributed by atoms with E-state index in [0.717, 1.165) is 19.3 Å². The number of halogens is 1. The molecule has 0 spiro atoms. The molecule has 0 aliphatic carbocycles. The highest BCUT2D eigenvalue weighted by atomic mass is 35.5. The molecule has 15 heavy (non-hydrogen) atoms. The zero-order valence-electron chi connectivity index (χ0n) is 9.36. The standard InChI is InChI=1S/C9H18ClO4P/c1-4-5-6-7-8(11)9(10)15(12,13-2)14-3/h9H,4-7H2,1-3H3. The molecule has 0 N–H and O–H groups in total. The molecule has 0 aromatic rings. The van der Waals surface area contributed by atoms with Crippen molar-refractivity contribution in [2.75, 3.05) is 14.2 Å². The first-order valence-electron chi connectivity index (χ1n) is 4.89. The third-order valence-electron chi connectivity index (χ3n) is 2.08. The van der Waals surface area contributed by atoms with E-state index in [9.17, 15) is 9.36 Å². The molecular weight excluding hydrogens is 239 g/mol. The Bertz CT molecular complexity index is 236. The zero-order valence-corrected chi connectivity index (χ0v) is 11.0. The first kappa shape index (κ1) is 15.1. The van der Waals surface area contributed by atoms with Crippen LogP contribution in [0.1, 0.15) is 32.6 Å². The number of unbranched alkanes of at least 4 members (excludes halogenated alkanes) is 2. The molecule has 1 unspecified atom stereocenters. The predicted octanol–water partition coefficient (Wildman–Crippen LogP) is 3.19. The van der Waals surface area contributed by atoms with Gasteiger partial charge in [0.1, 0.15) is 0 Å². The van der Waals surface area contributed by atoms with E-state index in [1.54, 1.807) is 0 Å². The number of alkyl halides is 1. The largest absolute Gasteiger partial charge is 0.355 e. The maximum absolute atomic E-state index is 11.7. The molecular formula is C9H18ClO4P. The van der Waals surface area contributed by atoms with Crippen LogP contribution in [-0.2, 0) is 18.4 Å². The van der Waals surface area contributed by atoms with Gasteiger partial charge < -0.3 is 9.05 Å². The van der Waals surface area contributed by atoms with Crippen LogP contribution < -0.4 is 0 Å². The molecule has 0 aromatic carbocycles. The Morgan fingerprint density at radius 2 is 1.87 bits per heavy atom. The quantitative estimate of drug-likeness (QED) is 0.380. The van der Waals surface area contributed by atoms with Crippen molar-refractivity contribution in [2.24, 2.45) is 0 Å². The van der Waals surface area contributed by atoms with Crippen molar-refractivity contribution in [1.29, 1.82) is 0 Å². The number of Topliss-reactive ketones (excluding diaryl/α,β-unsaturated/α-hetero) is 1. The average molecular weight is 257 g/mol. The minimum atomic E-state index is -3.46. The number of ketones is 1. The van der Waals surface area contributed by atoms with E-state index < -0.39 is 12.7 Å².